The van der Waals surface area contributed by atoms with Crippen LogP contribution in [0.5, 0.6) is 0 Å². The van der Waals surface area contributed by atoms with Gasteiger partial charge in [-0.25, -0.2) is 4.79 Å². The fraction of sp³-hybridized carbons (Fsp3) is 0.368. The number of pyridine rings is 1. The first-order valence-corrected chi connectivity index (χ1v) is 8.15. The van der Waals surface area contributed by atoms with Crippen molar-refractivity contribution in [2.45, 2.75) is 38.8 Å². The number of hydrogen-bond acceptors (Lipinski definition) is 2. The minimum atomic E-state index is 0.0115. The van der Waals surface area contributed by atoms with E-state index < -0.39 is 0 Å². The summed E-state index contributed by atoms with van der Waals surface area (Å²) in [6.45, 7) is 5.47. The number of hydrogen-bond donors (Lipinski definition) is 1. The Hall–Kier alpha value is -2.36. The van der Waals surface area contributed by atoms with Crippen LogP contribution >= 0.6 is 0 Å². The normalized spacial score (nSPS) is 20.5. The van der Waals surface area contributed by atoms with E-state index in [0.717, 1.165) is 24.1 Å². The molecule has 0 aliphatic carbocycles. The molecule has 1 saturated heterocycles. The van der Waals surface area contributed by atoms with Crippen LogP contribution in [-0.4, -0.2) is 28.5 Å². The third-order valence-electron chi connectivity index (χ3n) is 4.62. The summed E-state index contributed by atoms with van der Waals surface area (Å²) in [5, 5.41) is 3.02. The van der Waals surface area contributed by atoms with E-state index in [4.69, 9.17) is 0 Å². The second-order valence-corrected chi connectivity index (χ2v) is 6.27. The molecule has 2 aromatic rings. The number of nitrogens with zero attached hydrogens (tertiary/aromatic N) is 2. The summed E-state index contributed by atoms with van der Waals surface area (Å²) in [6.07, 6.45) is 4.64. The summed E-state index contributed by atoms with van der Waals surface area (Å²) in [4.78, 5) is 18.6. The van der Waals surface area contributed by atoms with Crippen LogP contribution in [0, 0.1) is 6.92 Å². The van der Waals surface area contributed by atoms with Crippen LogP contribution in [-0.2, 0) is 6.54 Å². The highest BCUT2D eigenvalue weighted by Gasteiger charge is 2.34. The van der Waals surface area contributed by atoms with Crippen LogP contribution in [0.3, 0.4) is 0 Å². The third-order valence-corrected chi connectivity index (χ3v) is 4.62. The van der Waals surface area contributed by atoms with E-state index in [9.17, 15) is 4.79 Å². The van der Waals surface area contributed by atoms with Gasteiger partial charge in [-0.05, 0) is 37.0 Å². The fourth-order valence-corrected chi connectivity index (χ4v) is 3.37. The van der Waals surface area contributed by atoms with Crippen molar-refractivity contribution in [1.82, 2.24) is 15.2 Å². The van der Waals surface area contributed by atoms with E-state index in [0.29, 0.717) is 12.5 Å². The van der Waals surface area contributed by atoms with Crippen molar-refractivity contribution in [2.75, 3.05) is 6.54 Å². The fourth-order valence-electron chi connectivity index (χ4n) is 3.37. The second kappa shape index (κ2) is 6.82. The number of rotatable bonds is 3. The van der Waals surface area contributed by atoms with Crippen LogP contribution in [0.15, 0.2) is 48.8 Å². The van der Waals surface area contributed by atoms with Crippen LogP contribution in [0.25, 0.3) is 0 Å². The van der Waals surface area contributed by atoms with Gasteiger partial charge in [0.15, 0.2) is 0 Å². The summed E-state index contributed by atoms with van der Waals surface area (Å²) >= 11 is 0. The smallest absolute Gasteiger partial charge is 0.317 e. The van der Waals surface area contributed by atoms with Gasteiger partial charge in [-0.15, -0.1) is 0 Å². The number of aryl methyl sites for hydroxylation is 1. The van der Waals surface area contributed by atoms with Gasteiger partial charge >= 0.3 is 6.03 Å². The quantitative estimate of drug-likeness (QED) is 0.943. The number of benzene rings is 1. The Bertz CT molecular complexity index is 671. The minimum absolute atomic E-state index is 0.0115. The van der Waals surface area contributed by atoms with Gasteiger partial charge in [0.25, 0.3) is 0 Å². The van der Waals surface area contributed by atoms with E-state index >= 15 is 0 Å². The zero-order valence-electron chi connectivity index (χ0n) is 13.7. The molecule has 0 saturated carbocycles. The van der Waals surface area contributed by atoms with Gasteiger partial charge < -0.3 is 10.2 Å². The van der Waals surface area contributed by atoms with Gasteiger partial charge in [0.1, 0.15) is 0 Å². The molecule has 1 aliphatic rings. The summed E-state index contributed by atoms with van der Waals surface area (Å²) in [7, 11) is 0. The van der Waals surface area contributed by atoms with E-state index in [-0.39, 0.29) is 12.1 Å². The number of carbonyl (C=O) groups excluding carboxylic acids is 1. The number of urea groups is 1. The molecule has 1 N–H and O–H groups in total. The maximum Gasteiger partial charge on any atom is 0.317 e. The molecular weight excluding hydrogens is 286 g/mol. The molecule has 1 aromatic heterocycles. The maximum absolute atomic E-state index is 12.5. The Morgan fingerprint density at radius 1 is 1.30 bits per heavy atom. The van der Waals surface area contributed by atoms with Crippen molar-refractivity contribution in [3.63, 3.8) is 0 Å². The highest BCUT2D eigenvalue weighted by atomic mass is 16.2. The van der Waals surface area contributed by atoms with Crippen LogP contribution < -0.4 is 5.32 Å². The maximum atomic E-state index is 12.5. The lowest BCUT2D eigenvalue weighted by Crippen LogP contribution is -2.42. The molecule has 4 nitrogen and oxygen atoms in total. The molecule has 1 aromatic carbocycles. The zero-order valence-corrected chi connectivity index (χ0v) is 13.7. The lowest BCUT2D eigenvalue weighted by atomic mass is 9.93. The Balaban J connectivity index is 1.60. The standard InChI is InChI=1S/C19H23N3O/c1-14-10-16(12-20-11-14)13-21-19(23)22-9-8-18(15(22)2)17-6-4-3-5-7-17/h3-7,10-12,15,18H,8-9,13H2,1-2H3,(H,21,23)/t15-,18+/m0/s1. The molecule has 1 fully saturated rings. The molecule has 23 heavy (non-hydrogen) atoms. The molecule has 2 atom stereocenters. The van der Waals surface area contributed by atoms with Gasteiger partial charge in [0.05, 0.1) is 0 Å². The minimum Gasteiger partial charge on any atom is -0.334 e. The van der Waals surface area contributed by atoms with Crippen molar-refractivity contribution in [2.24, 2.45) is 0 Å². The highest BCUT2D eigenvalue weighted by molar-refractivity contribution is 5.75. The third kappa shape index (κ3) is 3.52. The average molecular weight is 309 g/mol. The molecule has 0 radical (unpaired) electrons. The van der Waals surface area contributed by atoms with E-state index in [1.54, 1.807) is 6.20 Å². The largest absolute Gasteiger partial charge is 0.334 e. The molecule has 1 aliphatic heterocycles. The van der Waals surface area contributed by atoms with Crippen LogP contribution in [0.2, 0.25) is 0 Å². The van der Waals surface area contributed by atoms with Gasteiger partial charge in [-0.3, -0.25) is 4.98 Å². The van der Waals surface area contributed by atoms with Crippen molar-refractivity contribution in [3.8, 4) is 0 Å². The Morgan fingerprint density at radius 3 is 2.83 bits per heavy atom. The first-order valence-electron chi connectivity index (χ1n) is 8.15. The van der Waals surface area contributed by atoms with Crippen molar-refractivity contribution < 1.29 is 4.79 Å². The predicted molar refractivity (Wildman–Crippen MR) is 91.2 cm³/mol. The number of carbonyl (C=O) groups is 1. The van der Waals surface area contributed by atoms with Crippen molar-refractivity contribution in [1.29, 1.82) is 0 Å². The van der Waals surface area contributed by atoms with E-state index in [1.807, 2.05) is 30.2 Å². The number of aromatic nitrogens is 1. The Kier molecular flexibility index (Phi) is 4.60. The average Bonchev–Trinajstić information content (AvgIpc) is 2.95. The number of amides is 2. The summed E-state index contributed by atoms with van der Waals surface area (Å²) in [5.74, 6) is 0.419. The summed E-state index contributed by atoms with van der Waals surface area (Å²) in [6, 6.07) is 12.7. The first kappa shape index (κ1) is 15.5. The lowest BCUT2D eigenvalue weighted by Gasteiger charge is -2.25. The first-order chi connectivity index (χ1) is 11.1. The Morgan fingerprint density at radius 2 is 2.09 bits per heavy atom. The molecule has 4 heteroatoms. The molecule has 120 valence electrons. The van der Waals surface area contributed by atoms with Crippen molar-refractivity contribution in [3.05, 3.63) is 65.5 Å². The molecule has 2 amide bonds. The summed E-state index contributed by atoms with van der Waals surface area (Å²) in [5.41, 5.74) is 3.46. The van der Waals surface area contributed by atoms with Gasteiger partial charge in [-0.1, -0.05) is 36.4 Å². The van der Waals surface area contributed by atoms with Crippen molar-refractivity contribution >= 4 is 6.03 Å². The topological polar surface area (TPSA) is 45.2 Å². The van der Waals surface area contributed by atoms with Gasteiger partial charge in [-0.2, -0.15) is 0 Å². The SMILES string of the molecule is Cc1cncc(CNC(=O)N2CC[C@@H](c3ccccc3)[C@@H]2C)c1. The number of nitrogens with one attached hydrogen (secondary N) is 1. The lowest BCUT2D eigenvalue weighted by molar-refractivity contribution is 0.193. The monoisotopic (exact) mass is 309 g/mol. The zero-order chi connectivity index (χ0) is 16.2. The Labute approximate surface area is 137 Å². The van der Waals surface area contributed by atoms with E-state index in [1.165, 1.54) is 5.56 Å². The molecule has 0 spiro atoms. The van der Waals surface area contributed by atoms with Crippen LogP contribution in [0.1, 0.15) is 36.0 Å². The predicted octanol–water partition coefficient (Wildman–Crippen LogP) is 3.48. The second-order valence-electron chi connectivity index (χ2n) is 6.27. The van der Waals surface area contributed by atoms with Gasteiger partial charge in [0, 0.05) is 37.4 Å². The molecule has 0 unspecified atom stereocenters. The van der Waals surface area contributed by atoms with E-state index in [2.05, 4.69) is 41.5 Å². The number of likely N-dealkylation sites (tertiary alicyclic amines) is 1. The summed E-state index contributed by atoms with van der Waals surface area (Å²) < 4.78 is 0. The molecule has 3 rings (SSSR count). The molecule has 0 bridgehead atoms. The highest BCUT2D eigenvalue weighted by Crippen LogP contribution is 2.33. The molecule has 2 heterocycles. The molecular formula is C19H23N3O. The van der Waals surface area contributed by atoms with Gasteiger partial charge in [0.2, 0.25) is 0 Å². The van der Waals surface area contributed by atoms with Crippen LogP contribution in [0.4, 0.5) is 4.79 Å².